The van der Waals surface area contributed by atoms with Crippen molar-refractivity contribution in [2.24, 2.45) is 0 Å². The molecular formula is C17H21NO4. The van der Waals surface area contributed by atoms with Gasteiger partial charge in [-0.3, -0.25) is 0 Å². The van der Waals surface area contributed by atoms with E-state index in [1.54, 1.807) is 25.1 Å². The molecule has 0 bridgehead atoms. The molecule has 0 heterocycles. The average Bonchev–Trinajstić information content (AvgIpc) is 2.52. The third kappa shape index (κ3) is 5.13. The number of hydrogen-bond donors (Lipinski definition) is 0. The number of nitrogens with zero attached hydrogens (tertiary/aromatic N) is 1. The average molecular weight is 303 g/mol. The molecule has 22 heavy (non-hydrogen) atoms. The van der Waals surface area contributed by atoms with E-state index in [1.165, 1.54) is 6.08 Å². The van der Waals surface area contributed by atoms with Gasteiger partial charge in [0.05, 0.1) is 19.8 Å². The number of benzene rings is 1. The molecule has 0 saturated heterocycles. The molecule has 118 valence electrons. The van der Waals surface area contributed by atoms with Gasteiger partial charge in [0.15, 0.2) is 11.5 Å². The molecule has 1 aromatic rings. The Kier molecular flexibility index (Phi) is 7.55. The van der Waals surface area contributed by atoms with Gasteiger partial charge < -0.3 is 14.2 Å². The number of ether oxygens (including phenoxy) is 3. The monoisotopic (exact) mass is 303 g/mol. The molecule has 0 unspecified atom stereocenters. The first-order chi connectivity index (χ1) is 10.7. The standard InChI is InChI=1S/C17H21NO4/c1-4-9-22-15-8-7-13(11-16(15)20-5-2)10-14(12-18)17(19)21-6-3/h7-8,10-11H,4-6,9H2,1-3H3. The highest BCUT2D eigenvalue weighted by Gasteiger charge is 2.11. The van der Waals surface area contributed by atoms with Crippen molar-refractivity contribution in [2.45, 2.75) is 27.2 Å². The molecular weight excluding hydrogens is 282 g/mol. The van der Waals surface area contributed by atoms with Crippen LogP contribution in [-0.2, 0) is 9.53 Å². The Labute approximate surface area is 131 Å². The molecule has 0 aliphatic heterocycles. The number of hydrogen-bond acceptors (Lipinski definition) is 5. The zero-order valence-electron chi connectivity index (χ0n) is 13.2. The van der Waals surface area contributed by atoms with Gasteiger partial charge in [-0.2, -0.15) is 5.26 Å². The Morgan fingerprint density at radius 1 is 1.18 bits per heavy atom. The van der Waals surface area contributed by atoms with Crippen LogP contribution < -0.4 is 9.47 Å². The van der Waals surface area contributed by atoms with Crippen molar-refractivity contribution in [2.75, 3.05) is 19.8 Å². The second-order valence-electron chi connectivity index (χ2n) is 4.38. The van der Waals surface area contributed by atoms with Gasteiger partial charge in [-0.15, -0.1) is 0 Å². The lowest BCUT2D eigenvalue weighted by molar-refractivity contribution is -0.137. The summed E-state index contributed by atoms with van der Waals surface area (Å²) in [5, 5.41) is 9.05. The third-order valence-electron chi connectivity index (χ3n) is 2.66. The highest BCUT2D eigenvalue weighted by molar-refractivity contribution is 5.97. The van der Waals surface area contributed by atoms with Crippen LogP contribution in [0.2, 0.25) is 0 Å². The van der Waals surface area contributed by atoms with Crippen molar-refractivity contribution < 1.29 is 19.0 Å². The van der Waals surface area contributed by atoms with E-state index in [0.717, 1.165) is 6.42 Å². The van der Waals surface area contributed by atoms with E-state index < -0.39 is 5.97 Å². The maximum Gasteiger partial charge on any atom is 0.348 e. The summed E-state index contributed by atoms with van der Waals surface area (Å²) in [6.07, 6.45) is 2.37. The Bertz CT molecular complexity index is 573. The van der Waals surface area contributed by atoms with Gasteiger partial charge in [-0.05, 0) is 44.0 Å². The molecule has 5 heteroatoms. The zero-order valence-corrected chi connectivity index (χ0v) is 13.2. The van der Waals surface area contributed by atoms with Crippen LogP contribution in [0.4, 0.5) is 0 Å². The predicted molar refractivity (Wildman–Crippen MR) is 83.6 cm³/mol. The van der Waals surface area contributed by atoms with E-state index >= 15 is 0 Å². The molecule has 0 spiro atoms. The molecule has 1 aromatic carbocycles. The molecule has 0 radical (unpaired) electrons. The molecule has 0 atom stereocenters. The van der Waals surface area contributed by atoms with Crippen LogP contribution in [0.1, 0.15) is 32.8 Å². The van der Waals surface area contributed by atoms with Gasteiger partial charge in [0.1, 0.15) is 11.6 Å². The van der Waals surface area contributed by atoms with Crippen molar-refractivity contribution in [1.29, 1.82) is 5.26 Å². The van der Waals surface area contributed by atoms with E-state index in [2.05, 4.69) is 0 Å². The van der Waals surface area contributed by atoms with E-state index in [0.29, 0.717) is 30.3 Å². The van der Waals surface area contributed by atoms with E-state index in [1.807, 2.05) is 19.9 Å². The van der Waals surface area contributed by atoms with Crippen LogP contribution in [-0.4, -0.2) is 25.8 Å². The molecule has 0 fully saturated rings. The maximum absolute atomic E-state index is 11.6. The molecule has 5 nitrogen and oxygen atoms in total. The summed E-state index contributed by atoms with van der Waals surface area (Å²) in [4.78, 5) is 11.6. The lowest BCUT2D eigenvalue weighted by Gasteiger charge is -2.12. The SMILES string of the molecule is CCCOc1ccc(C=C(C#N)C(=O)OCC)cc1OCC. The maximum atomic E-state index is 11.6. The van der Waals surface area contributed by atoms with Crippen molar-refractivity contribution in [3.8, 4) is 17.6 Å². The molecule has 0 N–H and O–H groups in total. The summed E-state index contributed by atoms with van der Waals surface area (Å²) in [7, 11) is 0. The van der Waals surface area contributed by atoms with E-state index in [-0.39, 0.29) is 12.2 Å². The molecule has 1 rings (SSSR count). The lowest BCUT2D eigenvalue weighted by atomic mass is 10.1. The minimum Gasteiger partial charge on any atom is -0.490 e. The van der Waals surface area contributed by atoms with E-state index in [9.17, 15) is 4.79 Å². The van der Waals surface area contributed by atoms with Crippen molar-refractivity contribution in [1.82, 2.24) is 0 Å². The molecule has 0 amide bonds. The topological polar surface area (TPSA) is 68.5 Å². The highest BCUT2D eigenvalue weighted by Crippen LogP contribution is 2.29. The summed E-state index contributed by atoms with van der Waals surface area (Å²) in [5.74, 6) is 0.607. The molecule has 0 aliphatic carbocycles. The second kappa shape index (κ2) is 9.46. The van der Waals surface area contributed by atoms with E-state index in [4.69, 9.17) is 19.5 Å². The van der Waals surface area contributed by atoms with Gasteiger partial charge in [-0.25, -0.2) is 4.79 Å². The number of esters is 1. The largest absolute Gasteiger partial charge is 0.490 e. The minimum atomic E-state index is -0.630. The van der Waals surface area contributed by atoms with Gasteiger partial charge in [0, 0.05) is 0 Å². The third-order valence-corrected chi connectivity index (χ3v) is 2.66. The first-order valence-corrected chi connectivity index (χ1v) is 7.34. The number of rotatable bonds is 8. The second-order valence-corrected chi connectivity index (χ2v) is 4.38. The predicted octanol–water partition coefficient (Wildman–Crippen LogP) is 3.34. The Balaban J connectivity index is 3.07. The van der Waals surface area contributed by atoms with Crippen molar-refractivity contribution in [3.63, 3.8) is 0 Å². The smallest absolute Gasteiger partial charge is 0.348 e. The molecule has 0 aromatic heterocycles. The number of carbonyl (C=O) groups is 1. The number of nitriles is 1. The molecule has 0 aliphatic rings. The normalized spacial score (nSPS) is 10.7. The Morgan fingerprint density at radius 2 is 1.95 bits per heavy atom. The minimum absolute atomic E-state index is 0.0495. The van der Waals surface area contributed by atoms with Crippen LogP contribution in [0.25, 0.3) is 6.08 Å². The zero-order chi connectivity index (χ0) is 16.4. The fraction of sp³-hybridized carbons (Fsp3) is 0.412. The summed E-state index contributed by atoms with van der Waals surface area (Å²) in [6.45, 7) is 6.92. The first-order valence-electron chi connectivity index (χ1n) is 7.34. The fourth-order valence-electron chi connectivity index (χ4n) is 1.73. The summed E-state index contributed by atoms with van der Waals surface area (Å²) < 4.78 is 16.0. The van der Waals surface area contributed by atoms with Gasteiger partial charge >= 0.3 is 5.97 Å². The quantitative estimate of drug-likeness (QED) is 0.418. The van der Waals surface area contributed by atoms with Gasteiger partial charge in [-0.1, -0.05) is 13.0 Å². The van der Waals surface area contributed by atoms with Gasteiger partial charge in [0.2, 0.25) is 0 Å². The van der Waals surface area contributed by atoms with Crippen molar-refractivity contribution >= 4 is 12.0 Å². The molecule has 0 saturated carbocycles. The summed E-state index contributed by atoms with van der Waals surface area (Å²) in [6, 6.07) is 7.13. The number of carbonyl (C=O) groups excluding carboxylic acids is 1. The highest BCUT2D eigenvalue weighted by atomic mass is 16.5. The van der Waals surface area contributed by atoms with Crippen LogP contribution in [0.15, 0.2) is 23.8 Å². The summed E-state index contributed by atoms with van der Waals surface area (Å²) >= 11 is 0. The first kappa shape index (κ1) is 17.6. The van der Waals surface area contributed by atoms with Gasteiger partial charge in [0.25, 0.3) is 0 Å². The lowest BCUT2D eigenvalue weighted by Crippen LogP contribution is -2.06. The van der Waals surface area contributed by atoms with Crippen LogP contribution in [0.5, 0.6) is 11.5 Å². The van der Waals surface area contributed by atoms with Crippen LogP contribution >= 0.6 is 0 Å². The van der Waals surface area contributed by atoms with Crippen LogP contribution in [0.3, 0.4) is 0 Å². The summed E-state index contributed by atoms with van der Waals surface area (Å²) in [5.41, 5.74) is 0.628. The Morgan fingerprint density at radius 3 is 2.55 bits per heavy atom. The Hall–Kier alpha value is -2.48. The van der Waals surface area contributed by atoms with Crippen LogP contribution in [0, 0.1) is 11.3 Å². The fourth-order valence-corrected chi connectivity index (χ4v) is 1.73. The van der Waals surface area contributed by atoms with Crippen molar-refractivity contribution in [3.05, 3.63) is 29.3 Å².